The fourth-order valence-electron chi connectivity index (χ4n) is 6.23. The number of rotatable bonds is 6. The predicted octanol–water partition coefficient (Wildman–Crippen LogP) is 4.91. The van der Waals surface area contributed by atoms with Gasteiger partial charge in [0.1, 0.15) is 0 Å². The van der Waals surface area contributed by atoms with Crippen molar-refractivity contribution >= 4 is 22.4 Å². The second-order valence-electron chi connectivity index (χ2n) is 10.8. The molecule has 0 saturated carbocycles. The highest BCUT2D eigenvalue weighted by Crippen LogP contribution is 2.42. The number of carbonyl (C=O) groups is 1. The molecule has 3 saturated heterocycles. The number of aromatic nitrogens is 2. The molecule has 3 aliphatic rings. The standard InChI is InChI=1S/C31H35N5O/c1-34(2)26-12-10-22(11-13-26)31(37)32-19-27-17-24-14-15-36(27)20-28(24)30-18-29(33-35(30)3)25-9-8-21-6-4-5-7-23(21)16-25/h4-13,16,18,24,27-28H,14-15,17,19-20H2,1-3H3,(H,32,37)/t24-,27+,28+/m0/s1. The maximum Gasteiger partial charge on any atom is 0.251 e. The van der Waals surface area contributed by atoms with E-state index in [4.69, 9.17) is 5.10 Å². The second kappa shape index (κ2) is 9.67. The lowest BCUT2D eigenvalue weighted by Crippen LogP contribution is -2.56. The highest BCUT2D eigenvalue weighted by Gasteiger charge is 2.41. The summed E-state index contributed by atoms with van der Waals surface area (Å²) in [5.41, 5.74) is 5.35. The fourth-order valence-corrected chi connectivity index (χ4v) is 6.23. The smallest absolute Gasteiger partial charge is 0.251 e. The van der Waals surface area contributed by atoms with Gasteiger partial charge in [0.25, 0.3) is 5.91 Å². The number of nitrogens with one attached hydrogen (secondary N) is 1. The molecule has 3 aliphatic heterocycles. The molecule has 4 atom stereocenters. The molecule has 6 heteroatoms. The van der Waals surface area contributed by atoms with Crippen molar-refractivity contribution in [3.8, 4) is 11.3 Å². The lowest BCUT2D eigenvalue weighted by Gasteiger charge is -2.50. The number of hydrogen-bond donors (Lipinski definition) is 1. The van der Waals surface area contributed by atoms with Crippen molar-refractivity contribution in [1.82, 2.24) is 20.0 Å². The molecular formula is C31H35N5O. The van der Waals surface area contributed by atoms with E-state index < -0.39 is 0 Å². The Morgan fingerprint density at radius 3 is 2.54 bits per heavy atom. The van der Waals surface area contributed by atoms with Crippen LogP contribution in [-0.2, 0) is 7.05 Å². The summed E-state index contributed by atoms with van der Waals surface area (Å²) in [5, 5.41) is 10.6. The van der Waals surface area contributed by atoms with Crippen LogP contribution in [0.3, 0.4) is 0 Å². The quantitative estimate of drug-likeness (QED) is 0.415. The van der Waals surface area contributed by atoms with Gasteiger partial charge in [-0.2, -0.15) is 5.10 Å². The minimum Gasteiger partial charge on any atom is -0.378 e. The zero-order chi connectivity index (χ0) is 25.5. The van der Waals surface area contributed by atoms with Crippen LogP contribution in [0, 0.1) is 5.92 Å². The van der Waals surface area contributed by atoms with Crippen LogP contribution in [0.5, 0.6) is 0 Å². The van der Waals surface area contributed by atoms with Crippen LogP contribution in [0.25, 0.3) is 22.0 Å². The Labute approximate surface area is 218 Å². The summed E-state index contributed by atoms with van der Waals surface area (Å²) in [6, 6.07) is 25.6. The van der Waals surface area contributed by atoms with Crippen LogP contribution in [0.1, 0.15) is 34.8 Å². The minimum atomic E-state index is 0.0103. The van der Waals surface area contributed by atoms with Crippen LogP contribution < -0.4 is 10.2 Å². The van der Waals surface area contributed by atoms with E-state index in [2.05, 4.69) is 70.5 Å². The van der Waals surface area contributed by atoms with Gasteiger partial charge < -0.3 is 10.2 Å². The Balaban J connectivity index is 1.12. The molecule has 190 valence electrons. The number of piperidine rings is 3. The lowest BCUT2D eigenvalue weighted by molar-refractivity contribution is 0.0280. The first-order chi connectivity index (χ1) is 18.0. The van der Waals surface area contributed by atoms with Crippen molar-refractivity contribution < 1.29 is 4.79 Å². The summed E-state index contributed by atoms with van der Waals surface area (Å²) in [7, 11) is 6.09. The van der Waals surface area contributed by atoms with Crippen molar-refractivity contribution in [2.75, 3.05) is 38.6 Å². The first-order valence-electron chi connectivity index (χ1n) is 13.3. The molecule has 0 spiro atoms. The molecule has 2 bridgehead atoms. The number of hydrogen-bond acceptors (Lipinski definition) is 4. The van der Waals surface area contributed by atoms with E-state index in [-0.39, 0.29) is 5.91 Å². The Morgan fingerprint density at radius 2 is 1.81 bits per heavy atom. The Kier molecular flexibility index (Phi) is 6.21. The van der Waals surface area contributed by atoms with Crippen LogP contribution in [0.15, 0.2) is 72.8 Å². The van der Waals surface area contributed by atoms with Gasteiger partial charge in [-0.1, -0.05) is 36.4 Å². The largest absolute Gasteiger partial charge is 0.378 e. The van der Waals surface area contributed by atoms with Crippen LogP contribution in [-0.4, -0.2) is 60.4 Å². The maximum atomic E-state index is 12.8. The molecule has 4 heterocycles. The van der Waals surface area contributed by atoms with Crippen LogP contribution >= 0.6 is 0 Å². The number of amides is 1. The van der Waals surface area contributed by atoms with E-state index in [1.54, 1.807) is 0 Å². The van der Waals surface area contributed by atoms with Gasteiger partial charge in [-0.15, -0.1) is 0 Å². The number of anilines is 1. The van der Waals surface area contributed by atoms with Gasteiger partial charge in [0.2, 0.25) is 0 Å². The van der Waals surface area contributed by atoms with Crippen molar-refractivity contribution in [1.29, 1.82) is 0 Å². The number of nitrogens with zero attached hydrogens (tertiary/aromatic N) is 4. The molecule has 6 nitrogen and oxygen atoms in total. The second-order valence-corrected chi connectivity index (χ2v) is 10.8. The molecule has 37 heavy (non-hydrogen) atoms. The van der Waals surface area contributed by atoms with Gasteiger partial charge in [0.05, 0.1) is 5.69 Å². The molecule has 7 rings (SSSR count). The first kappa shape index (κ1) is 23.7. The summed E-state index contributed by atoms with van der Waals surface area (Å²) < 4.78 is 2.09. The van der Waals surface area contributed by atoms with E-state index in [1.165, 1.54) is 28.5 Å². The molecule has 0 radical (unpaired) electrons. The van der Waals surface area contributed by atoms with Crippen molar-refractivity contribution in [3.05, 3.63) is 84.1 Å². The van der Waals surface area contributed by atoms with Gasteiger partial charge in [-0.05, 0) is 72.5 Å². The minimum absolute atomic E-state index is 0.0103. The number of aryl methyl sites for hydroxylation is 1. The number of fused-ring (bicyclic) bond motifs is 4. The Hall–Kier alpha value is -3.64. The summed E-state index contributed by atoms with van der Waals surface area (Å²) >= 11 is 0. The van der Waals surface area contributed by atoms with Gasteiger partial charge in [-0.25, -0.2) is 0 Å². The maximum absolute atomic E-state index is 12.8. The van der Waals surface area contributed by atoms with E-state index in [9.17, 15) is 4.79 Å². The zero-order valence-corrected chi connectivity index (χ0v) is 21.9. The Bertz CT molecular complexity index is 1420. The fraction of sp³-hybridized carbons (Fsp3) is 0.355. The molecular weight excluding hydrogens is 458 g/mol. The van der Waals surface area contributed by atoms with Gasteiger partial charge in [0, 0.05) is 68.7 Å². The third kappa shape index (κ3) is 4.62. The van der Waals surface area contributed by atoms with Gasteiger partial charge in [0.15, 0.2) is 0 Å². The molecule has 1 aromatic heterocycles. The summed E-state index contributed by atoms with van der Waals surface area (Å²) in [4.78, 5) is 17.4. The molecule has 1 unspecified atom stereocenters. The van der Waals surface area contributed by atoms with Crippen LogP contribution in [0.4, 0.5) is 5.69 Å². The topological polar surface area (TPSA) is 53.4 Å². The van der Waals surface area contributed by atoms with E-state index in [0.717, 1.165) is 36.5 Å². The third-order valence-corrected chi connectivity index (χ3v) is 8.36. The molecule has 1 N–H and O–H groups in total. The summed E-state index contributed by atoms with van der Waals surface area (Å²) in [6.45, 7) is 2.83. The van der Waals surface area contributed by atoms with E-state index in [0.29, 0.717) is 24.4 Å². The highest BCUT2D eigenvalue weighted by atomic mass is 16.1. The lowest BCUT2D eigenvalue weighted by atomic mass is 9.74. The monoisotopic (exact) mass is 493 g/mol. The van der Waals surface area contributed by atoms with E-state index in [1.807, 2.05) is 43.3 Å². The highest BCUT2D eigenvalue weighted by molar-refractivity contribution is 5.94. The molecule has 4 aromatic rings. The molecule has 3 fully saturated rings. The normalized spacial score (nSPS) is 22.8. The summed E-state index contributed by atoms with van der Waals surface area (Å²) in [5.74, 6) is 1.10. The van der Waals surface area contributed by atoms with Crippen molar-refractivity contribution in [2.45, 2.75) is 24.8 Å². The SMILES string of the molecule is CN(C)c1ccc(C(=O)NC[C@H]2C[C@@H]3CCN2C[C@H]3c2cc(-c3ccc4ccccc4c3)nn2C)cc1. The molecule has 1 amide bonds. The van der Waals surface area contributed by atoms with Crippen LogP contribution in [0.2, 0.25) is 0 Å². The van der Waals surface area contributed by atoms with Gasteiger partial charge in [-0.3, -0.25) is 14.4 Å². The average Bonchev–Trinajstić information content (AvgIpc) is 3.33. The first-order valence-corrected chi connectivity index (χ1v) is 13.3. The van der Waals surface area contributed by atoms with Crippen molar-refractivity contribution in [2.24, 2.45) is 13.0 Å². The summed E-state index contributed by atoms with van der Waals surface area (Å²) in [6.07, 6.45) is 2.32. The van der Waals surface area contributed by atoms with Crippen molar-refractivity contribution in [3.63, 3.8) is 0 Å². The molecule has 3 aromatic carbocycles. The van der Waals surface area contributed by atoms with E-state index >= 15 is 0 Å². The zero-order valence-electron chi connectivity index (χ0n) is 21.9. The molecule has 0 aliphatic carbocycles. The Morgan fingerprint density at radius 1 is 1.03 bits per heavy atom. The third-order valence-electron chi connectivity index (χ3n) is 8.36. The number of benzene rings is 3. The van der Waals surface area contributed by atoms with Gasteiger partial charge >= 0.3 is 0 Å². The predicted molar refractivity (Wildman–Crippen MR) is 150 cm³/mol. The average molecular weight is 494 g/mol. The number of carbonyl (C=O) groups excluding carboxylic acids is 1.